The number of hydrogen-bond donors (Lipinski definition) is 2. The first-order chi connectivity index (χ1) is 7.68. The first-order valence-corrected chi connectivity index (χ1v) is 6.38. The van der Waals surface area contributed by atoms with Gasteiger partial charge in [-0.05, 0) is 31.8 Å². The maximum atomic E-state index is 11.6. The van der Waals surface area contributed by atoms with E-state index in [1.54, 1.807) is 0 Å². The molecule has 1 heterocycles. The largest absolute Gasteiger partial charge is 0.355 e. The molecular weight excluding hydrogens is 202 g/mol. The van der Waals surface area contributed by atoms with Gasteiger partial charge in [-0.15, -0.1) is 0 Å². The molecule has 0 saturated carbocycles. The summed E-state index contributed by atoms with van der Waals surface area (Å²) < 4.78 is 0. The first kappa shape index (κ1) is 13.5. The summed E-state index contributed by atoms with van der Waals surface area (Å²) in [7, 11) is 0. The van der Waals surface area contributed by atoms with Crippen LogP contribution in [0.4, 0.5) is 0 Å². The Bertz CT molecular complexity index is 198. The molecule has 94 valence electrons. The van der Waals surface area contributed by atoms with E-state index in [0.29, 0.717) is 12.5 Å². The normalized spacial score (nSPS) is 18.4. The maximum absolute atomic E-state index is 11.6. The lowest BCUT2D eigenvalue weighted by Gasteiger charge is -2.18. The van der Waals surface area contributed by atoms with Crippen molar-refractivity contribution in [2.24, 2.45) is 5.92 Å². The van der Waals surface area contributed by atoms with Crippen LogP contribution >= 0.6 is 0 Å². The third-order valence-corrected chi connectivity index (χ3v) is 2.84. The SMILES string of the molecule is CC(C)CCNC(=O)CN1CCCNCC1. The van der Waals surface area contributed by atoms with Gasteiger partial charge in [0.05, 0.1) is 6.54 Å². The van der Waals surface area contributed by atoms with Crippen LogP contribution in [0.2, 0.25) is 0 Å². The van der Waals surface area contributed by atoms with Gasteiger partial charge in [0.25, 0.3) is 0 Å². The van der Waals surface area contributed by atoms with Gasteiger partial charge in [0.15, 0.2) is 0 Å². The Morgan fingerprint density at radius 3 is 2.94 bits per heavy atom. The van der Waals surface area contributed by atoms with E-state index in [2.05, 4.69) is 29.4 Å². The van der Waals surface area contributed by atoms with Crippen molar-refractivity contribution in [2.75, 3.05) is 39.3 Å². The third-order valence-electron chi connectivity index (χ3n) is 2.84. The Morgan fingerprint density at radius 2 is 2.19 bits per heavy atom. The summed E-state index contributed by atoms with van der Waals surface area (Å²) in [5, 5.41) is 6.32. The first-order valence-electron chi connectivity index (χ1n) is 6.38. The molecule has 0 aliphatic carbocycles. The van der Waals surface area contributed by atoms with Crippen molar-refractivity contribution in [3.63, 3.8) is 0 Å². The van der Waals surface area contributed by atoms with Gasteiger partial charge in [-0.25, -0.2) is 0 Å². The fourth-order valence-electron chi connectivity index (χ4n) is 1.82. The van der Waals surface area contributed by atoms with Crippen molar-refractivity contribution < 1.29 is 4.79 Å². The molecule has 2 N–H and O–H groups in total. The minimum absolute atomic E-state index is 0.169. The zero-order chi connectivity index (χ0) is 11.8. The van der Waals surface area contributed by atoms with Crippen LogP contribution in [-0.4, -0.2) is 50.1 Å². The van der Waals surface area contributed by atoms with Gasteiger partial charge in [-0.2, -0.15) is 0 Å². The lowest BCUT2D eigenvalue weighted by molar-refractivity contribution is -0.122. The Balaban J connectivity index is 2.12. The molecule has 0 spiro atoms. The zero-order valence-electron chi connectivity index (χ0n) is 10.6. The second-order valence-corrected chi connectivity index (χ2v) is 4.91. The predicted molar refractivity (Wildman–Crippen MR) is 66.4 cm³/mol. The number of carbonyl (C=O) groups excluding carboxylic acids is 1. The minimum atomic E-state index is 0.169. The molecule has 1 aliphatic heterocycles. The molecule has 0 aromatic heterocycles. The van der Waals surface area contributed by atoms with Crippen LogP contribution in [-0.2, 0) is 4.79 Å². The highest BCUT2D eigenvalue weighted by molar-refractivity contribution is 5.77. The van der Waals surface area contributed by atoms with E-state index in [1.165, 1.54) is 0 Å². The number of nitrogens with one attached hydrogen (secondary N) is 2. The number of carbonyl (C=O) groups is 1. The molecule has 1 aliphatic rings. The van der Waals surface area contributed by atoms with Crippen molar-refractivity contribution >= 4 is 5.91 Å². The van der Waals surface area contributed by atoms with Crippen LogP contribution in [0.1, 0.15) is 26.7 Å². The van der Waals surface area contributed by atoms with Crippen LogP contribution in [0.15, 0.2) is 0 Å². The molecule has 0 radical (unpaired) electrons. The van der Waals surface area contributed by atoms with Crippen molar-refractivity contribution in [1.82, 2.24) is 15.5 Å². The molecule has 0 aromatic carbocycles. The monoisotopic (exact) mass is 227 g/mol. The minimum Gasteiger partial charge on any atom is -0.355 e. The van der Waals surface area contributed by atoms with Gasteiger partial charge >= 0.3 is 0 Å². The maximum Gasteiger partial charge on any atom is 0.234 e. The second kappa shape index (κ2) is 7.63. The number of hydrogen-bond acceptors (Lipinski definition) is 3. The van der Waals surface area contributed by atoms with Gasteiger partial charge in [0, 0.05) is 19.6 Å². The topological polar surface area (TPSA) is 44.4 Å². The standard InChI is InChI=1S/C12H25N3O/c1-11(2)4-6-14-12(16)10-15-8-3-5-13-7-9-15/h11,13H,3-10H2,1-2H3,(H,14,16). The molecule has 1 fully saturated rings. The fraction of sp³-hybridized carbons (Fsp3) is 0.917. The van der Waals surface area contributed by atoms with Crippen molar-refractivity contribution in [3.05, 3.63) is 0 Å². The van der Waals surface area contributed by atoms with E-state index in [0.717, 1.165) is 45.6 Å². The van der Waals surface area contributed by atoms with Crippen LogP contribution in [0.25, 0.3) is 0 Å². The second-order valence-electron chi connectivity index (χ2n) is 4.91. The molecule has 1 rings (SSSR count). The Labute approximate surface area is 98.8 Å². The van der Waals surface area contributed by atoms with E-state index in [1.807, 2.05) is 0 Å². The summed E-state index contributed by atoms with van der Waals surface area (Å²) in [5.74, 6) is 0.824. The van der Waals surface area contributed by atoms with E-state index in [4.69, 9.17) is 0 Å². The Kier molecular flexibility index (Phi) is 6.42. The lowest BCUT2D eigenvalue weighted by atomic mass is 10.1. The van der Waals surface area contributed by atoms with Gasteiger partial charge in [0.2, 0.25) is 5.91 Å². The van der Waals surface area contributed by atoms with Crippen LogP contribution in [0.5, 0.6) is 0 Å². The number of rotatable bonds is 5. The smallest absolute Gasteiger partial charge is 0.234 e. The summed E-state index contributed by atoms with van der Waals surface area (Å²) in [5.41, 5.74) is 0. The van der Waals surface area contributed by atoms with E-state index in [9.17, 15) is 4.79 Å². The fourth-order valence-corrected chi connectivity index (χ4v) is 1.82. The molecule has 0 atom stereocenters. The number of nitrogens with zero attached hydrogens (tertiary/aromatic N) is 1. The molecule has 4 nitrogen and oxygen atoms in total. The summed E-state index contributed by atoms with van der Waals surface area (Å²) in [4.78, 5) is 13.9. The molecule has 0 bridgehead atoms. The molecule has 1 saturated heterocycles. The van der Waals surface area contributed by atoms with E-state index >= 15 is 0 Å². The summed E-state index contributed by atoms with van der Waals surface area (Å²) in [6.45, 7) is 9.80. The van der Waals surface area contributed by atoms with Crippen molar-refractivity contribution in [3.8, 4) is 0 Å². The highest BCUT2D eigenvalue weighted by atomic mass is 16.2. The Hall–Kier alpha value is -0.610. The predicted octanol–water partition coefficient (Wildman–Crippen LogP) is 0.444. The van der Waals surface area contributed by atoms with Crippen LogP contribution in [0, 0.1) is 5.92 Å². The lowest BCUT2D eigenvalue weighted by Crippen LogP contribution is -2.39. The van der Waals surface area contributed by atoms with Crippen molar-refractivity contribution in [2.45, 2.75) is 26.7 Å². The molecule has 16 heavy (non-hydrogen) atoms. The third kappa shape index (κ3) is 6.08. The average molecular weight is 227 g/mol. The van der Waals surface area contributed by atoms with Crippen molar-refractivity contribution in [1.29, 1.82) is 0 Å². The average Bonchev–Trinajstić information content (AvgIpc) is 2.45. The van der Waals surface area contributed by atoms with Gasteiger partial charge in [-0.1, -0.05) is 13.8 Å². The zero-order valence-corrected chi connectivity index (χ0v) is 10.6. The molecule has 0 aromatic rings. The van der Waals surface area contributed by atoms with Crippen LogP contribution < -0.4 is 10.6 Å². The van der Waals surface area contributed by atoms with Crippen LogP contribution in [0.3, 0.4) is 0 Å². The summed E-state index contributed by atoms with van der Waals surface area (Å²) >= 11 is 0. The molecule has 4 heteroatoms. The van der Waals surface area contributed by atoms with Gasteiger partial charge in [0.1, 0.15) is 0 Å². The van der Waals surface area contributed by atoms with Gasteiger partial charge in [-0.3, -0.25) is 9.69 Å². The molecule has 1 amide bonds. The molecule has 0 unspecified atom stereocenters. The summed E-state index contributed by atoms with van der Waals surface area (Å²) in [6.07, 6.45) is 2.20. The van der Waals surface area contributed by atoms with Gasteiger partial charge < -0.3 is 10.6 Å². The van der Waals surface area contributed by atoms with E-state index in [-0.39, 0.29) is 5.91 Å². The quantitative estimate of drug-likeness (QED) is 0.716. The Morgan fingerprint density at radius 1 is 1.38 bits per heavy atom. The number of amides is 1. The highest BCUT2D eigenvalue weighted by Crippen LogP contribution is 1.97. The summed E-state index contributed by atoms with van der Waals surface area (Å²) in [6, 6.07) is 0. The molecular formula is C12H25N3O. The highest BCUT2D eigenvalue weighted by Gasteiger charge is 2.12. The van der Waals surface area contributed by atoms with E-state index < -0.39 is 0 Å².